The van der Waals surface area contributed by atoms with Gasteiger partial charge in [0.15, 0.2) is 0 Å². The van der Waals surface area contributed by atoms with Crippen molar-refractivity contribution in [2.24, 2.45) is 11.8 Å². The summed E-state index contributed by atoms with van der Waals surface area (Å²) >= 11 is 0. The zero-order valence-electron chi connectivity index (χ0n) is 14.8. The Morgan fingerprint density at radius 1 is 1.04 bits per heavy atom. The number of carbonyl (C=O) groups is 1. The molecule has 0 bridgehead atoms. The molecule has 2 rings (SSSR count). The van der Waals surface area contributed by atoms with Crippen LogP contribution in [0.3, 0.4) is 0 Å². The Morgan fingerprint density at radius 2 is 1.74 bits per heavy atom. The number of ether oxygens (including phenoxy) is 1. The SMILES string of the molecule is CCC1CCC(CNC(=O)NCCCCN2CCOCC2)CC1. The van der Waals surface area contributed by atoms with Crippen LogP contribution in [0, 0.1) is 11.8 Å². The molecule has 0 radical (unpaired) electrons. The Hall–Kier alpha value is -0.810. The predicted octanol–water partition coefficient (Wildman–Crippen LogP) is 2.61. The van der Waals surface area contributed by atoms with Crippen LogP contribution in [0.5, 0.6) is 0 Å². The van der Waals surface area contributed by atoms with E-state index in [0.29, 0.717) is 5.92 Å². The number of amides is 2. The fourth-order valence-electron chi connectivity index (χ4n) is 3.63. The molecular formula is C18H35N3O2. The van der Waals surface area contributed by atoms with Crippen LogP contribution in [0.15, 0.2) is 0 Å². The summed E-state index contributed by atoms with van der Waals surface area (Å²) in [5.74, 6) is 1.61. The van der Waals surface area contributed by atoms with Crippen LogP contribution < -0.4 is 10.6 Å². The summed E-state index contributed by atoms with van der Waals surface area (Å²) in [6, 6.07) is 0.00832. The second kappa shape index (κ2) is 10.9. The molecule has 0 aromatic heterocycles. The van der Waals surface area contributed by atoms with Gasteiger partial charge in [0.25, 0.3) is 0 Å². The van der Waals surface area contributed by atoms with Gasteiger partial charge in [0, 0.05) is 26.2 Å². The van der Waals surface area contributed by atoms with Crippen LogP contribution >= 0.6 is 0 Å². The molecular weight excluding hydrogens is 290 g/mol. The molecule has 1 aliphatic carbocycles. The Bertz CT molecular complexity index is 324. The smallest absolute Gasteiger partial charge is 0.314 e. The van der Waals surface area contributed by atoms with Gasteiger partial charge >= 0.3 is 6.03 Å². The molecule has 1 saturated carbocycles. The largest absolute Gasteiger partial charge is 0.379 e. The van der Waals surface area contributed by atoms with E-state index in [1.165, 1.54) is 32.1 Å². The van der Waals surface area contributed by atoms with Gasteiger partial charge in [0.05, 0.1) is 13.2 Å². The van der Waals surface area contributed by atoms with Gasteiger partial charge in [-0.15, -0.1) is 0 Å². The molecule has 0 atom stereocenters. The lowest BCUT2D eigenvalue weighted by Crippen LogP contribution is -2.40. The second-order valence-electron chi connectivity index (χ2n) is 7.09. The van der Waals surface area contributed by atoms with Gasteiger partial charge in [-0.2, -0.15) is 0 Å². The highest BCUT2D eigenvalue weighted by molar-refractivity contribution is 5.73. The van der Waals surface area contributed by atoms with Crippen molar-refractivity contribution in [3.8, 4) is 0 Å². The Kier molecular flexibility index (Phi) is 8.76. The fourth-order valence-corrected chi connectivity index (χ4v) is 3.63. The molecule has 2 aliphatic rings. The molecule has 134 valence electrons. The molecule has 2 N–H and O–H groups in total. The summed E-state index contributed by atoms with van der Waals surface area (Å²) in [6.07, 6.45) is 8.73. The first-order valence-corrected chi connectivity index (χ1v) is 9.59. The third kappa shape index (κ3) is 7.53. The third-order valence-electron chi connectivity index (χ3n) is 5.39. The topological polar surface area (TPSA) is 53.6 Å². The summed E-state index contributed by atoms with van der Waals surface area (Å²) in [7, 11) is 0. The van der Waals surface area contributed by atoms with Crippen molar-refractivity contribution in [2.45, 2.75) is 51.9 Å². The molecule has 0 aromatic carbocycles. The quantitative estimate of drug-likeness (QED) is 0.675. The van der Waals surface area contributed by atoms with Gasteiger partial charge in [0.2, 0.25) is 0 Å². The van der Waals surface area contributed by atoms with E-state index in [1.54, 1.807) is 0 Å². The fraction of sp³-hybridized carbons (Fsp3) is 0.944. The van der Waals surface area contributed by atoms with Crippen LogP contribution in [0.2, 0.25) is 0 Å². The van der Waals surface area contributed by atoms with E-state index >= 15 is 0 Å². The number of nitrogens with zero attached hydrogens (tertiary/aromatic N) is 1. The summed E-state index contributed by atoms with van der Waals surface area (Å²) in [5.41, 5.74) is 0. The summed E-state index contributed by atoms with van der Waals surface area (Å²) in [5, 5.41) is 6.04. The molecule has 1 saturated heterocycles. The van der Waals surface area contributed by atoms with Crippen molar-refractivity contribution in [3.05, 3.63) is 0 Å². The lowest BCUT2D eigenvalue weighted by molar-refractivity contribution is 0.0372. The lowest BCUT2D eigenvalue weighted by Gasteiger charge is -2.27. The number of hydrogen-bond donors (Lipinski definition) is 2. The highest BCUT2D eigenvalue weighted by Gasteiger charge is 2.20. The first-order valence-electron chi connectivity index (χ1n) is 9.59. The van der Waals surface area contributed by atoms with Crippen LogP contribution in [0.1, 0.15) is 51.9 Å². The van der Waals surface area contributed by atoms with Crippen molar-refractivity contribution < 1.29 is 9.53 Å². The lowest BCUT2D eigenvalue weighted by atomic mass is 9.81. The minimum Gasteiger partial charge on any atom is -0.379 e. The Labute approximate surface area is 141 Å². The first-order chi connectivity index (χ1) is 11.3. The molecule has 5 nitrogen and oxygen atoms in total. The molecule has 2 amide bonds. The molecule has 1 heterocycles. The van der Waals surface area contributed by atoms with E-state index in [4.69, 9.17) is 4.74 Å². The standard InChI is InChI=1S/C18H35N3O2/c1-2-16-5-7-17(8-6-16)15-20-18(22)19-9-3-4-10-21-11-13-23-14-12-21/h16-17H,2-15H2,1H3,(H2,19,20,22). The van der Waals surface area contributed by atoms with Crippen LogP contribution in [0.4, 0.5) is 4.79 Å². The van der Waals surface area contributed by atoms with Gasteiger partial charge in [-0.1, -0.05) is 26.2 Å². The molecule has 0 spiro atoms. The maximum atomic E-state index is 11.8. The zero-order chi connectivity index (χ0) is 16.3. The number of carbonyl (C=O) groups excluding carboxylic acids is 1. The molecule has 0 aromatic rings. The average Bonchev–Trinajstić information content (AvgIpc) is 2.61. The maximum absolute atomic E-state index is 11.8. The average molecular weight is 325 g/mol. The summed E-state index contributed by atoms with van der Waals surface area (Å²) in [4.78, 5) is 14.3. The first kappa shape index (κ1) is 18.5. The summed E-state index contributed by atoms with van der Waals surface area (Å²) in [6.45, 7) is 8.85. The minimum atomic E-state index is 0.00832. The zero-order valence-corrected chi connectivity index (χ0v) is 14.8. The number of rotatable bonds is 8. The number of unbranched alkanes of at least 4 members (excludes halogenated alkanes) is 1. The van der Waals surface area contributed by atoms with Crippen LogP contribution in [-0.2, 0) is 4.74 Å². The van der Waals surface area contributed by atoms with E-state index in [0.717, 1.165) is 64.7 Å². The number of nitrogens with one attached hydrogen (secondary N) is 2. The maximum Gasteiger partial charge on any atom is 0.314 e. The second-order valence-corrected chi connectivity index (χ2v) is 7.09. The molecule has 0 unspecified atom stereocenters. The third-order valence-corrected chi connectivity index (χ3v) is 5.39. The van der Waals surface area contributed by atoms with Gasteiger partial charge in [-0.25, -0.2) is 4.79 Å². The van der Waals surface area contributed by atoms with E-state index in [1.807, 2.05) is 0 Å². The predicted molar refractivity (Wildman–Crippen MR) is 93.6 cm³/mol. The van der Waals surface area contributed by atoms with Gasteiger partial charge in [-0.3, -0.25) is 4.90 Å². The van der Waals surface area contributed by atoms with Crippen LogP contribution in [0.25, 0.3) is 0 Å². The van der Waals surface area contributed by atoms with E-state index in [2.05, 4.69) is 22.5 Å². The highest BCUT2D eigenvalue weighted by atomic mass is 16.5. The van der Waals surface area contributed by atoms with Crippen molar-refractivity contribution in [3.63, 3.8) is 0 Å². The van der Waals surface area contributed by atoms with E-state index in [9.17, 15) is 4.79 Å². The van der Waals surface area contributed by atoms with Crippen LogP contribution in [-0.4, -0.2) is 56.9 Å². The van der Waals surface area contributed by atoms with Crippen molar-refractivity contribution in [2.75, 3.05) is 45.9 Å². The summed E-state index contributed by atoms with van der Waals surface area (Å²) < 4.78 is 5.34. The Morgan fingerprint density at radius 3 is 2.43 bits per heavy atom. The monoisotopic (exact) mass is 325 g/mol. The molecule has 5 heteroatoms. The number of hydrogen-bond acceptors (Lipinski definition) is 3. The highest BCUT2D eigenvalue weighted by Crippen LogP contribution is 2.29. The molecule has 2 fully saturated rings. The van der Waals surface area contributed by atoms with Crippen molar-refractivity contribution in [1.29, 1.82) is 0 Å². The van der Waals surface area contributed by atoms with Crippen molar-refractivity contribution in [1.82, 2.24) is 15.5 Å². The van der Waals surface area contributed by atoms with Gasteiger partial charge < -0.3 is 15.4 Å². The van der Waals surface area contributed by atoms with Gasteiger partial charge in [-0.05, 0) is 44.1 Å². The number of urea groups is 1. The minimum absolute atomic E-state index is 0.00832. The molecule has 1 aliphatic heterocycles. The van der Waals surface area contributed by atoms with Crippen molar-refractivity contribution >= 4 is 6.03 Å². The number of morpholine rings is 1. The molecule has 23 heavy (non-hydrogen) atoms. The van der Waals surface area contributed by atoms with E-state index < -0.39 is 0 Å². The Balaban J connectivity index is 1.42. The van der Waals surface area contributed by atoms with E-state index in [-0.39, 0.29) is 6.03 Å². The normalized spacial score (nSPS) is 26.0. The van der Waals surface area contributed by atoms with Gasteiger partial charge in [0.1, 0.15) is 0 Å².